The maximum atomic E-state index is 11.6. The summed E-state index contributed by atoms with van der Waals surface area (Å²) in [6, 6.07) is 3.97. The van der Waals surface area contributed by atoms with E-state index >= 15 is 0 Å². The maximum Gasteiger partial charge on any atom is 0.308 e. The van der Waals surface area contributed by atoms with E-state index < -0.39 is 11.9 Å². The van der Waals surface area contributed by atoms with Gasteiger partial charge in [0.15, 0.2) is 0 Å². The first kappa shape index (κ1) is 15.1. The second-order valence-corrected chi connectivity index (χ2v) is 5.52. The number of aromatic nitrogens is 1. The van der Waals surface area contributed by atoms with Crippen molar-refractivity contribution >= 4 is 5.97 Å². The topological polar surface area (TPSA) is 60.7 Å². The van der Waals surface area contributed by atoms with Crippen LogP contribution in [0.3, 0.4) is 0 Å². The van der Waals surface area contributed by atoms with Crippen LogP contribution in [-0.2, 0) is 14.3 Å². The molecule has 0 aromatic carbocycles. The molecule has 1 N–H and O–H groups in total. The number of aryl methyl sites for hydroxylation is 2. The monoisotopic (exact) mass is 281 g/mol. The molecule has 0 aliphatic heterocycles. The molecule has 0 amide bonds. The fraction of sp³-hybridized carbons (Fsp3) is 0.667. The number of hydrogen-bond acceptors (Lipinski definition) is 3. The Bertz CT molecular complexity index is 463. The Balaban J connectivity index is 2.36. The van der Waals surface area contributed by atoms with Crippen LogP contribution < -0.4 is 0 Å². The molecule has 0 saturated heterocycles. The molecule has 1 aromatic heterocycles. The number of ether oxygens (including phenoxy) is 2. The minimum absolute atomic E-state index is 0.0678. The molecule has 5 nitrogen and oxygen atoms in total. The summed E-state index contributed by atoms with van der Waals surface area (Å²) in [6.07, 6.45) is 0.907. The van der Waals surface area contributed by atoms with E-state index in [4.69, 9.17) is 9.47 Å². The van der Waals surface area contributed by atoms with Crippen molar-refractivity contribution in [3.63, 3.8) is 0 Å². The number of aliphatic carboxylic acids is 1. The molecule has 0 spiro atoms. The minimum atomic E-state index is -0.765. The highest BCUT2D eigenvalue weighted by Gasteiger charge is 2.42. The number of nitrogens with zero attached hydrogens (tertiary/aromatic N) is 1. The van der Waals surface area contributed by atoms with Crippen molar-refractivity contribution in [2.24, 2.45) is 5.92 Å². The minimum Gasteiger partial charge on any atom is -0.481 e. The Morgan fingerprint density at radius 2 is 1.65 bits per heavy atom. The predicted octanol–water partition coefficient (Wildman–Crippen LogP) is 2.17. The zero-order chi connectivity index (χ0) is 14.9. The third-order valence-corrected chi connectivity index (χ3v) is 4.42. The molecule has 112 valence electrons. The lowest BCUT2D eigenvalue weighted by Gasteiger charge is -2.40. The first-order chi connectivity index (χ1) is 9.49. The van der Waals surface area contributed by atoms with Crippen molar-refractivity contribution in [2.75, 3.05) is 14.2 Å². The van der Waals surface area contributed by atoms with Gasteiger partial charge in [0.2, 0.25) is 0 Å². The SMILES string of the molecule is COC1CC(C(=O)O)C(n2c(C)ccc2C)CC1OC. The van der Waals surface area contributed by atoms with Crippen LogP contribution in [0.1, 0.15) is 30.3 Å². The largest absolute Gasteiger partial charge is 0.481 e. The van der Waals surface area contributed by atoms with Gasteiger partial charge < -0.3 is 19.1 Å². The molecule has 1 saturated carbocycles. The summed E-state index contributed by atoms with van der Waals surface area (Å²) in [5.41, 5.74) is 2.17. The molecule has 0 radical (unpaired) electrons. The number of carboxylic acid groups (broad SMARTS) is 1. The van der Waals surface area contributed by atoms with Gasteiger partial charge in [0.05, 0.1) is 18.1 Å². The van der Waals surface area contributed by atoms with Gasteiger partial charge in [-0.15, -0.1) is 0 Å². The number of carboxylic acids is 1. The number of carbonyl (C=O) groups is 1. The van der Waals surface area contributed by atoms with Crippen LogP contribution in [-0.4, -0.2) is 42.1 Å². The summed E-state index contributed by atoms with van der Waals surface area (Å²) in [4.78, 5) is 11.6. The van der Waals surface area contributed by atoms with E-state index in [1.807, 2.05) is 26.0 Å². The zero-order valence-electron chi connectivity index (χ0n) is 12.5. The maximum absolute atomic E-state index is 11.6. The average molecular weight is 281 g/mol. The Morgan fingerprint density at radius 1 is 1.15 bits per heavy atom. The second kappa shape index (κ2) is 5.97. The first-order valence-corrected chi connectivity index (χ1v) is 6.92. The van der Waals surface area contributed by atoms with Gasteiger partial charge in [-0.2, -0.15) is 0 Å². The highest BCUT2D eigenvalue weighted by Crippen LogP contribution is 2.38. The standard InChI is InChI=1S/C15H23NO4/c1-9-5-6-10(2)16(9)12-8-14(20-4)13(19-3)7-11(12)15(17)18/h5-6,11-14H,7-8H2,1-4H3,(H,17,18). The van der Waals surface area contributed by atoms with Crippen LogP contribution in [0.2, 0.25) is 0 Å². The van der Waals surface area contributed by atoms with Gasteiger partial charge in [0.25, 0.3) is 0 Å². The zero-order valence-corrected chi connectivity index (χ0v) is 12.5. The van der Waals surface area contributed by atoms with Gasteiger partial charge in [-0.05, 0) is 38.8 Å². The molecule has 0 bridgehead atoms. The molecule has 5 heteroatoms. The first-order valence-electron chi connectivity index (χ1n) is 6.92. The molecule has 1 heterocycles. The van der Waals surface area contributed by atoms with E-state index in [0.29, 0.717) is 12.8 Å². The number of methoxy groups -OCH3 is 2. The van der Waals surface area contributed by atoms with Crippen LogP contribution in [0.4, 0.5) is 0 Å². The number of hydrogen-bond donors (Lipinski definition) is 1. The molecular weight excluding hydrogens is 258 g/mol. The summed E-state index contributed by atoms with van der Waals surface area (Å²) >= 11 is 0. The van der Waals surface area contributed by atoms with Crippen molar-refractivity contribution in [3.8, 4) is 0 Å². The molecule has 1 aromatic rings. The van der Waals surface area contributed by atoms with Crippen molar-refractivity contribution < 1.29 is 19.4 Å². The molecule has 1 fully saturated rings. The van der Waals surface area contributed by atoms with E-state index in [1.165, 1.54) is 0 Å². The lowest BCUT2D eigenvalue weighted by molar-refractivity contribution is -0.152. The summed E-state index contributed by atoms with van der Waals surface area (Å²) in [5, 5.41) is 9.55. The summed E-state index contributed by atoms with van der Waals surface area (Å²) in [7, 11) is 3.27. The third kappa shape index (κ3) is 2.60. The van der Waals surface area contributed by atoms with Crippen LogP contribution in [0.15, 0.2) is 12.1 Å². The fourth-order valence-electron chi connectivity index (χ4n) is 3.36. The Morgan fingerprint density at radius 3 is 2.10 bits per heavy atom. The molecule has 1 aliphatic rings. The van der Waals surface area contributed by atoms with Crippen molar-refractivity contribution in [1.82, 2.24) is 4.57 Å². The van der Waals surface area contributed by atoms with Gasteiger partial charge in [-0.25, -0.2) is 0 Å². The lowest BCUT2D eigenvalue weighted by atomic mass is 9.80. The van der Waals surface area contributed by atoms with E-state index in [0.717, 1.165) is 11.4 Å². The lowest BCUT2D eigenvalue weighted by Crippen LogP contribution is -2.45. The number of rotatable bonds is 4. The van der Waals surface area contributed by atoms with Gasteiger partial charge in [0, 0.05) is 31.6 Å². The highest BCUT2D eigenvalue weighted by atomic mass is 16.5. The Labute approximate surface area is 119 Å². The smallest absolute Gasteiger partial charge is 0.308 e. The van der Waals surface area contributed by atoms with Crippen molar-refractivity contribution in [2.45, 2.75) is 44.9 Å². The van der Waals surface area contributed by atoms with E-state index in [2.05, 4.69) is 4.57 Å². The fourth-order valence-corrected chi connectivity index (χ4v) is 3.36. The van der Waals surface area contributed by atoms with E-state index in [9.17, 15) is 9.90 Å². The Kier molecular flexibility index (Phi) is 4.50. The van der Waals surface area contributed by atoms with Crippen LogP contribution in [0.5, 0.6) is 0 Å². The van der Waals surface area contributed by atoms with Gasteiger partial charge >= 0.3 is 5.97 Å². The normalized spacial score (nSPS) is 30.4. The Hall–Kier alpha value is -1.33. The van der Waals surface area contributed by atoms with Crippen molar-refractivity contribution in [1.29, 1.82) is 0 Å². The van der Waals surface area contributed by atoms with E-state index in [-0.39, 0.29) is 18.2 Å². The summed E-state index contributed by atoms with van der Waals surface area (Å²) in [5.74, 6) is -1.21. The second-order valence-electron chi connectivity index (χ2n) is 5.52. The highest BCUT2D eigenvalue weighted by molar-refractivity contribution is 5.71. The van der Waals surface area contributed by atoms with Gasteiger partial charge in [-0.3, -0.25) is 4.79 Å². The van der Waals surface area contributed by atoms with Gasteiger partial charge in [-0.1, -0.05) is 0 Å². The quantitative estimate of drug-likeness (QED) is 0.919. The average Bonchev–Trinajstić information content (AvgIpc) is 2.76. The van der Waals surface area contributed by atoms with Crippen LogP contribution in [0, 0.1) is 19.8 Å². The molecular formula is C15H23NO4. The molecule has 1 aliphatic carbocycles. The molecule has 4 atom stereocenters. The van der Waals surface area contributed by atoms with Gasteiger partial charge in [0.1, 0.15) is 0 Å². The summed E-state index contributed by atoms with van der Waals surface area (Å²) < 4.78 is 13.0. The van der Waals surface area contributed by atoms with Crippen molar-refractivity contribution in [3.05, 3.63) is 23.5 Å². The third-order valence-electron chi connectivity index (χ3n) is 4.42. The van der Waals surface area contributed by atoms with Crippen LogP contribution >= 0.6 is 0 Å². The van der Waals surface area contributed by atoms with E-state index in [1.54, 1.807) is 14.2 Å². The predicted molar refractivity (Wildman–Crippen MR) is 74.9 cm³/mol. The molecule has 4 unspecified atom stereocenters. The summed E-state index contributed by atoms with van der Waals surface area (Å²) in [6.45, 7) is 4.02. The molecule has 2 rings (SSSR count). The molecule has 20 heavy (non-hydrogen) atoms. The van der Waals surface area contributed by atoms with Crippen LogP contribution in [0.25, 0.3) is 0 Å².